The molecule has 36 heavy (non-hydrogen) atoms. The number of carbonyl (C=O) groups is 2. The Morgan fingerprint density at radius 2 is 1.56 bits per heavy atom. The summed E-state index contributed by atoms with van der Waals surface area (Å²) in [5.41, 5.74) is 1.56. The largest absolute Gasteiger partial charge is 0.354 e. The number of amides is 2. The van der Waals surface area contributed by atoms with E-state index in [0.717, 1.165) is 24.0 Å². The molecule has 0 aromatic heterocycles. The van der Waals surface area contributed by atoms with Gasteiger partial charge in [0.15, 0.2) is 0 Å². The van der Waals surface area contributed by atoms with Crippen LogP contribution in [0.2, 0.25) is 0 Å². The van der Waals surface area contributed by atoms with Crippen molar-refractivity contribution in [2.75, 3.05) is 19.6 Å². The van der Waals surface area contributed by atoms with Crippen molar-refractivity contribution in [1.82, 2.24) is 14.5 Å². The van der Waals surface area contributed by atoms with Crippen LogP contribution >= 0.6 is 0 Å². The SMILES string of the molecule is CC(C)CNC(=O)[C@@H](C)N(Cc1ccc(F)cc1)C(=O)CCc1ccc(S(=O)(=O)N2CCCC2)cc1. The van der Waals surface area contributed by atoms with Crippen LogP contribution < -0.4 is 5.32 Å². The molecule has 1 saturated heterocycles. The zero-order chi connectivity index (χ0) is 26.3. The lowest BCUT2D eigenvalue weighted by Gasteiger charge is -2.29. The smallest absolute Gasteiger partial charge is 0.243 e. The second kappa shape index (κ2) is 12.5. The van der Waals surface area contributed by atoms with Crippen molar-refractivity contribution in [2.45, 2.75) is 63.9 Å². The molecule has 0 bridgehead atoms. The van der Waals surface area contributed by atoms with Gasteiger partial charge in [0.2, 0.25) is 21.8 Å². The molecule has 3 rings (SSSR count). The van der Waals surface area contributed by atoms with Crippen LogP contribution in [0.4, 0.5) is 4.39 Å². The Balaban J connectivity index is 1.68. The highest BCUT2D eigenvalue weighted by Crippen LogP contribution is 2.22. The van der Waals surface area contributed by atoms with E-state index in [1.165, 1.54) is 21.3 Å². The van der Waals surface area contributed by atoms with Crippen LogP contribution in [-0.2, 0) is 32.6 Å². The summed E-state index contributed by atoms with van der Waals surface area (Å²) >= 11 is 0. The molecule has 1 aliphatic heterocycles. The van der Waals surface area contributed by atoms with Crippen molar-refractivity contribution in [3.05, 3.63) is 65.5 Å². The average molecular weight is 518 g/mol. The number of rotatable bonds is 11. The van der Waals surface area contributed by atoms with E-state index in [4.69, 9.17) is 0 Å². The second-order valence-electron chi connectivity index (χ2n) is 9.72. The molecule has 2 aromatic rings. The maximum atomic E-state index is 13.4. The van der Waals surface area contributed by atoms with Gasteiger partial charge in [-0.1, -0.05) is 38.1 Å². The molecule has 0 radical (unpaired) electrons. The van der Waals surface area contributed by atoms with Crippen LogP contribution in [0.15, 0.2) is 53.4 Å². The molecular formula is C27H36FN3O4S. The predicted octanol–water partition coefficient (Wildman–Crippen LogP) is 3.73. The van der Waals surface area contributed by atoms with Crippen molar-refractivity contribution in [1.29, 1.82) is 0 Å². The van der Waals surface area contributed by atoms with Crippen LogP contribution in [0.1, 0.15) is 51.2 Å². The summed E-state index contributed by atoms with van der Waals surface area (Å²) in [5.74, 6) is -0.537. The fourth-order valence-corrected chi connectivity index (χ4v) is 5.64. The Labute approximate surface area is 213 Å². The molecule has 1 N–H and O–H groups in total. The normalized spacial score (nSPS) is 15.1. The van der Waals surface area contributed by atoms with Crippen molar-refractivity contribution in [3.8, 4) is 0 Å². The maximum Gasteiger partial charge on any atom is 0.243 e. The first-order valence-corrected chi connectivity index (χ1v) is 13.9. The molecule has 0 spiro atoms. The van der Waals surface area contributed by atoms with Gasteiger partial charge in [0.05, 0.1) is 4.90 Å². The van der Waals surface area contributed by atoms with Crippen LogP contribution in [0.25, 0.3) is 0 Å². The first-order chi connectivity index (χ1) is 17.1. The number of hydrogen-bond donors (Lipinski definition) is 1. The van der Waals surface area contributed by atoms with E-state index in [-0.39, 0.29) is 41.4 Å². The molecule has 0 saturated carbocycles. The van der Waals surface area contributed by atoms with Gasteiger partial charge in [0, 0.05) is 32.6 Å². The summed E-state index contributed by atoms with van der Waals surface area (Å²) in [6.07, 6.45) is 2.31. The van der Waals surface area contributed by atoms with Gasteiger partial charge in [0.1, 0.15) is 11.9 Å². The number of sulfonamides is 1. The first-order valence-electron chi connectivity index (χ1n) is 12.5. The maximum absolute atomic E-state index is 13.4. The van der Waals surface area contributed by atoms with Gasteiger partial charge in [0.25, 0.3) is 0 Å². The number of hydrogen-bond acceptors (Lipinski definition) is 4. The van der Waals surface area contributed by atoms with Gasteiger partial charge < -0.3 is 10.2 Å². The zero-order valence-electron chi connectivity index (χ0n) is 21.2. The fraction of sp³-hybridized carbons (Fsp3) is 0.481. The van der Waals surface area contributed by atoms with Gasteiger partial charge in [-0.3, -0.25) is 9.59 Å². The average Bonchev–Trinajstić information content (AvgIpc) is 3.41. The van der Waals surface area contributed by atoms with E-state index >= 15 is 0 Å². The molecule has 9 heteroatoms. The Bertz CT molecular complexity index is 1130. The van der Waals surface area contributed by atoms with Crippen LogP contribution in [0, 0.1) is 11.7 Å². The van der Waals surface area contributed by atoms with Crippen molar-refractivity contribution in [3.63, 3.8) is 0 Å². The molecule has 196 valence electrons. The predicted molar refractivity (Wildman–Crippen MR) is 137 cm³/mol. The van der Waals surface area contributed by atoms with E-state index in [9.17, 15) is 22.4 Å². The number of nitrogens with one attached hydrogen (secondary N) is 1. The molecular weight excluding hydrogens is 481 g/mol. The van der Waals surface area contributed by atoms with Gasteiger partial charge in [-0.15, -0.1) is 0 Å². The summed E-state index contributed by atoms with van der Waals surface area (Å²) in [5, 5.41) is 2.88. The lowest BCUT2D eigenvalue weighted by Crippen LogP contribution is -2.48. The Hall–Kier alpha value is -2.78. The Morgan fingerprint density at radius 1 is 0.972 bits per heavy atom. The monoisotopic (exact) mass is 517 g/mol. The molecule has 2 aromatic carbocycles. The van der Waals surface area contributed by atoms with Gasteiger partial charge in [-0.25, -0.2) is 12.8 Å². The molecule has 7 nitrogen and oxygen atoms in total. The molecule has 0 aliphatic carbocycles. The summed E-state index contributed by atoms with van der Waals surface area (Å²) in [4.78, 5) is 27.7. The van der Waals surface area contributed by atoms with E-state index < -0.39 is 16.1 Å². The van der Waals surface area contributed by atoms with E-state index in [1.54, 1.807) is 43.3 Å². The molecule has 0 unspecified atom stereocenters. The molecule has 1 fully saturated rings. The Kier molecular flexibility index (Phi) is 9.62. The van der Waals surface area contributed by atoms with Gasteiger partial charge in [-0.05, 0) is 67.5 Å². The zero-order valence-corrected chi connectivity index (χ0v) is 22.1. The molecule has 1 aliphatic rings. The third kappa shape index (κ3) is 7.36. The second-order valence-corrected chi connectivity index (χ2v) is 11.7. The molecule has 1 heterocycles. The summed E-state index contributed by atoms with van der Waals surface area (Å²) < 4.78 is 40.3. The van der Waals surface area contributed by atoms with Crippen molar-refractivity contribution >= 4 is 21.8 Å². The lowest BCUT2D eigenvalue weighted by atomic mass is 10.1. The summed E-state index contributed by atoms with van der Waals surface area (Å²) in [7, 11) is -3.48. The van der Waals surface area contributed by atoms with Crippen LogP contribution in [0.5, 0.6) is 0 Å². The molecule has 2 amide bonds. The first kappa shape index (κ1) is 27.8. The minimum Gasteiger partial charge on any atom is -0.354 e. The Morgan fingerprint density at radius 3 is 2.14 bits per heavy atom. The number of halogens is 1. The van der Waals surface area contributed by atoms with Gasteiger partial charge >= 0.3 is 0 Å². The highest BCUT2D eigenvalue weighted by atomic mass is 32.2. The summed E-state index contributed by atoms with van der Waals surface area (Å²) in [6.45, 7) is 7.46. The highest BCUT2D eigenvalue weighted by Gasteiger charge is 2.28. The number of benzene rings is 2. The third-order valence-electron chi connectivity index (χ3n) is 6.37. The summed E-state index contributed by atoms with van der Waals surface area (Å²) in [6, 6.07) is 11.8. The van der Waals surface area contributed by atoms with Crippen molar-refractivity contribution < 1.29 is 22.4 Å². The topological polar surface area (TPSA) is 86.8 Å². The number of aryl methyl sites for hydroxylation is 1. The minimum absolute atomic E-state index is 0.154. The van der Waals surface area contributed by atoms with E-state index in [2.05, 4.69) is 5.32 Å². The number of carbonyl (C=O) groups excluding carboxylic acids is 2. The van der Waals surface area contributed by atoms with Crippen LogP contribution in [-0.4, -0.2) is 55.1 Å². The van der Waals surface area contributed by atoms with E-state index in [1.807, 2.05) is 13.8 Å². The van der Waals surface area contributed by atoms with Gasteiger partial charge in [-0.2, -0.15) is 4.31 Å². The highest BCUT2D eigenvalue weighted by molar-refractivity contribution is 7.89. The minimum atomic E-state index is -3.48. The third-order valence-corrected chi connectivity index (χ3v) is 8.28. The van der Waals surface area contributed by atoms with E-state index in [0.29, 0.717) is 26.1 Å². The van der Waals surface area contributed by atoms with Crippen LogP contribution in [0.3, 0.4) is 0 Å². The quantitative estimate of drug-likeness (QED) is 0.492. The van der Waals surface area contributed by atoms with Crippen molar-refractivity contribution in [2.24, 2.45) is 5.92 Å². The standard InChI is InChI=1S/C27H36FN3O4S/c1-20(2)18-29-27(33)21(3)31(19-23-6-11-24(28)12-7-23)26(32)15-10-22-8-13-25(14-9-22)36(34,35)30-16-4-5-17-30/h6-9,11-14,20-21H,4-5,10,15-19H2,1-3H3,(H,29,33)/t21-/m1/s1. The fourth-order valence-electron chi connectivity index (χ4n) is 4.12. The lowest BCUT2D eigenvalue weighted by molar-refractivity contribution is -0.140. The number of nitrogens with zero attached hydrogens (tertiary/aromatic N) is 2. The molecule has 1 atom stereocenters.